The lowest BCUT2D eigenvalue weighted by Crippen LogP contribution is -2.23. The van der Waals surface area contributed by atoms with Crippen molar-refractivity contribution in [2.75, 3.05) is 6.54 Å². The highest BCUT2D eigenvalue weighted by Gasteiger charge is 2.29. The summed E-state index contributed by atoms with van der Waals surface area (Å²) in [5.74, 6) is 0. The lowest BCUT2D eigenvalue weighted by molar-refractivity contribution is -0.136. The standard InChI is InChI=1S/C12H14BrClF3N/c1-2-18-11(5-6-12(15,16)17)9-7-8(14)3-4-10(9)13/h3-4,7,11,18H,2,5-6H2,1H3. The monoisotopic (exact) mass is 343 g/mol. The maximum absolute atomic E-state index is 12.3. The summed E-state index contributed by atoms with van der Waals surface area (Å²) in [6.45, 7) is 2.46. The summed E-state index contributed by atoms with van der Waals surface area (Å²) in [5, 5.41) is 3.57. The first-order chi connectivity index (χ1) is 8.33. The van der Waals surface area contributed by atoms with E-state index in [0.29, 0.717) is 11.6 Å². The molecule has 1 aromatic carbocycles. The molecule has 0 radical (unpaired) electrons. The largest absolute Gasteiger partial charge is 0.389 e. The van der Waals surface area contributed by atoms with E-state index in [1.807, 2.05) is 6.92 Å². The van der Waals surface area contributed by atoms with E-state index >= 15 is 0 Å². The summed E-state index contributed by atoms with van der Waals surface area (Å²) in [4.78, 5) is 0. The third-order valence-electron chi connectivity index (χ3n) is 2.50. The second-order valence-electron chi connectivity index (χ2n) is 3.93. The molecule has 0 bridgehead atoms. The molecule has 1 rings (SSSR count). The fourth-order valence-corrected chi connectivity index (χ4v) is 2.41. The third kappa shape index (κ3) is 5.16. The van der Waals surface area contributed by atoms with Crippen LogP contribution < -0.4 is 5.32 Å². The summed E-state index contributed by atoms with van der Waals surface area (Å²) in [7, 11) is 0. The van der Waals surface area contributed by atoms with Crippen LogP contribution in [0.4, 0.5) is 13.2 Å². The Morgan fingerprint density at radius 2 is 2.06 bits per heavy atom. The van der Waals surface area contributed by atoms with Crippen molar-refractivity contribution < 1.29 is 13.2 Å². The zero-order valence-corrected chi connectivity index (χ0v) is 12.2. The van der Waals surface area contributed by atoms with Crippen molar-refractivity contribution in [3.05, 3.63) is 33.3 Å². The van der Waals surface area contributed by atoms with Crippen LogP contribution in [-0.4, -0.2) is 12.7 Å². The van der Waals surface area contributed by atoms with E-state index in [4.69, 9.17) is 11.6 Å². The number of hydrogen-bond donors (Lipinski definition) is 1. The second kappa shape index (κ2) is 6.78. The minimum absolute atomic E-state index is 0.00369. The highest BCUT2D eigenvalue weighted by molar-refractivity contribution is 9.10. The van der Waals surface area contributed by atoms with Gasteiger partial charge in [-0.2, -0.15) is 13.2 Å². The van der Waals surface area contributed by atoms with Crippen molar-refractivity contribution in [1.82, 2.24) is 5.32 Å². The fourth-order valence-electron chi connectivity index (χ4n) is 1.70. The van der Waals surface area contributed by atoms with Crippen molar-refractivity contribution in [3.8, 4) is 0 Å². The van der Waals surface area contributed by atoms with Gasteiger partial charge in [-0.1, -0.05) is 34.5 Å². The fraction of sp³-hybridized carbons (Fsp3) is 0.500. The predicted molar refractivity (Wildman–Crippen MR) is 70.9 cm³/mol. The summed E-state index contributed by atoms with van der Waals surface area (Å²) >= 11 is 9.22. The van der Waals surface area contributed by atoms with Gasteiger partial charge in [0.25, 0.3) is 0 Å². The SMILES string of the molecule is CCNC(CCC(F)(F)F)c1cc(Cl)ccc1Br. The van der Waals surface area contributed by atoms with Crippen LogP contribution in [0.15, 0.2) is 22.7 Å². The summed E-state index contributed by atoms with van der Waals surface area (Å²) in [5.41, 5.74) is 0.758. The van der Waals surface area contributed by atoms with Crippen LogP contribution in [0.25, 0.3) is 0 Å². The van der Waals surface area contributed by atoms with E-state index in [1.165, 1.54) is 0 Å². The first-order valence-corrected chi connectivity index (χ1v) is 6.75. The van der Waals surface area contributed by atoms with Crippen LogP contribution in [0.2, 0.25) is 5.02 Å². The molecule has 0 aliphatic heterocycles. The van der Waals surface area contributed by atoms with Crippen LogP contribution in [0.5, 0.6) is 0 Å². The minimum Gasteiger partial charge on any atom is -0.310 e. The Labute approximate surface area is 118 Å². The number of benzene rings is 1. The van der Waals surface area contributed by atoms with Gasteiger partial charge >= 0.3 is 6.18 Å². The van der Waals surface area contributed by atoms with Gasteiger partial charge in [0.2, 0.25) is 0 Å². The predicted octanol–water partition coefficient (Wildman–Crippen LogP) is 5.10. The molecule has 0 saturated carbocycles. The van der Waals surface area contributed by atoms with E-state index < -0.39 is 12.6 Å². The molecule has 1 nitrogen and oxygen atoms in total. The first kappa shape index (κ1) is 15.8. The average Bonchev–Trinajstić information content (AvgIpc) is 2.26. The van der Waals surface area contributed by atoms with Crippen LogP contribution in [0, 0.1) is 0 Å². The molecule has 0 spiro atoms. The van der Waals surface area contributed by atoms with Gasteiger partial charge in [-0.3, -0.25) is 0 Å². The molecule has 0 aliphatic rings. The highest BCUT2D eigenvalue weighted by atomic mass is 79.9. The van der Waals surface area contributed by atoms with Crippen LogP contribution >= 0.6 is 27.5 Å². The third-order valence-corrected chi connectivity index (χ3v) is 3.46. The smallest absolute Gasteiger partial charge is 0.310 e. The molecular formula is C12H14BrClF3N. The van der Waals surface area contributed by atoms with Gasteiger partial charge in [0.05, 0.1) is 0 Å². The molecule has 102 valence electrons. The summed E-state index contributed by atoms with van der Waals surface area (Å²) < 4.78 is 37.6. The zero-order chi connectivity index (χ0) is 13.8. The molecule has 1 N–H and O–H groups in total. The van der Waals surface area contributed by atoms with Gasteiger partial charge in [0, 0.05) is 22.0 Å². The van der Waals surface area contributed by atoms with Crippen molar-refractivity contribution in [3.63, 3.8) is 0 Å². The molecule has 6 heteroatoms. The molecule has 1 aromatic rings. The van der Waals surface area contributed by atoms with Gasteiger partial charge in [-0.15, -0.1) is 0 Å². The lowest BCUT2D eigenvalue weighted by Gasteiger charge is -2.20. The Morgan fingerprint density at radius 3 is 2.61 bits per heavy atom. The molecule has 0 saturated heterocycles. The quantitative estimate of drug-likeness (QED) is 0.784. The van der Waals surface area contributed by atoms with E-state index in [0.717, 1.165) is 10.0 Å². The molecule has 0 amide bonds. The summed E-state index contributed by atoms with van der Waals surface area (Å²) in [6.07, 6.45) is -4.96. The van der Waals surface area contributed by atoms with E-state index in [2.05, 4.69) is 21.2 Å². The normalized spacial score (nSPS) is 13.7. The minimum atomic E-state index is -4.14. The van der Waals surface area contributed by atoms with Crippen LogP contribution in [0.3, 0.4) is 0 Å². The Hall–Kier alpha value is -0.260. The molecule has 0 fully saturated rings. The molecule has 0 heterocycles. The first-order valence-electron chi connectivity index (χ1n) is 5.58. The molecule has 0 aromatic heterocycles. The number of alkyl halides is 3. The average molecular weight is 345 g/mol. The number of nitrogens with one attached hydrogen (secondary N) is 1. The Bertz CT molecular complexity index is 395. The van der Waals surface area contributed by atoms with Crippen LogP contribution in [0.1, 0.15) is 31.4 Å². The van der Waals surface area contributed by atoms with Gasteiger partial charge < -0.3 is 5.32 Å². The Morgan fingerprint density at radius 1 is 1.39 bits per heavy atom. The van der Waals surface area contributed by atoms with Crippen molar-refractivity contribution in [2.24, 2.45) is 0 Å². The van der Waals surface area contributed by atoms with Gasteiger partial charge in [0.1, 0.15) is 0 Å². The zero-order valence-electron chi connectivity index (χ0n) is 9.82. The van der Waals surface area contributed by atoms with Gasteiger partial charge in [0.15, 0.2) is 0 Å². The molecule has 0 aliphatic carbocycles. The maximum atomic E-state index is 12.3. The van der Waals surface area contributed by atoms with Crippen molar-refractivity contribution in [1.29, 1.82) is 0 Å². The lowest BCUT2D eigenvalue weighted by atomic mass is 10.0. The second-order valence-corrected chi connectivity index (χ2v) is 5.22. The van der Waals surface area contributed by atoms with Gasteiger partial charge in [-0.05, 0) is 36.7 Å². The molecule has 1 atom stereocenters. The van der Waals surface area contributed by atoms with Crippen LogP contribution in [-0.2, 0) is 0 Å². The topological polar surface area (TPSA) is 12.0 Å². The molecule has 18 heavy (non-hydrogen) atoms. The molecular weight excluding hydrogens is 330 g/mol. The number of hydrogen-bond acceptors (Lipinski definition) is 1. The van der Waals surface area contributed by atoms with Gasteiger partial charge in [-0.25, -0.2) is 0 Å². The Kier molecular flexibility index (Phi) is 5.95. The number of halogens is 5. The van der Waals surface area contributed by atoms with Crippen molar-refractivity contribution in [2.45, 2.75) is 32.0 Å². The van der Waals surface area contributed by atoms with E-state index in [-0.39, 0.29) is 12.5 Å². The molecule has 1 unspecified atom stereocenters. The maximum Gasteiger partial charge on any atom is 0.389 e. The highest BCUT2D eigenvalue weighted by Crippen LogP contribution is 2.32. The van der Waals surface area contributed by atoms with Crippen molar-refractivity contribution >= 4 is 27.5 Å². The number of rotatable bonds is 5. The van der Waals surface area contributed by atoms with E-state index in [9.17, 15) is 13.2 Å². The Balaban J connectivity index is 2.86. The van der Waals surface area contributed by atoms with E-state index in [1.54, 1.807) is 18.2 Å². The summed E-state index contributed by atoms with van der Waals surface area (Å²) in [6, 6.07) is 4.78.